The molecule has 0 heterocycles. The second kappa shape index (κ2) is 7.04. The van der Waals surface area contributed by atoms with Gasteiger partial charge in [-0.1, -0.05) is 36.4 Å². The first-order valence-electron chi connectivity index (χ1n) is 6.45. The molecule has 1 atom stereocenters. The van der Waals surface area contributed by atoms with E-state index in [9.17, 15) is 9.00 Å². The molecular weight excluding hydrogens is 286 g/mol. The third kappa shape index (κ3) is 4.43. The first-order valence-corrected chi connectivity index (χ1v) is 7.94. The molecule has 2 rings (SSSR count). The molecule has 5 heteroatoms. The van der Waals surface area contributed by atoms with E-state index in [1.54, 1.807) is 7.11 Å². The summed E-state index contributed by atoms with van der Waals surface area (Å²) < 4.78 is 16.8. The highest BCUT2D eigenvalue weighted by atomic mass is 32.2. The predicted molar refractivity (Wildman–Crippen MR) is 84.3 cm³/mol. The zero-order chi connectivity index (χ0) is 15.2. The van der Waals surface area contributed by atoms with Gasteiger partial charge in [0.1, 0.15) is 11.5 Å². The van der Waals surface area contributed by atoms with Crippen LogP contribution in [0.15, 0.2) is 48.5 Å². The summed E-state index contributed by atoms with van der Waals surface area (Å²) in [6.45, 7) is 0. The van der Waals surface area contributed by atoms with E-state index in [1.165, 1.54) is 0 Å². The van der Waals surface area contributed by atoms with Gasteiger partial charge in [0, 0.05) is 16.6 Å². The van der Waals surface area contributed by atoms with E-state index in [2.05, 4.69) is 0 Å². The zero-order valence-corrected chi connectivity index (χ0v) is 12.6. The van der Waals surface area contributed by atoms with E-state index in [4.69, 9.17) is 10.5 Å². The molecule has 0 bridgehead atoms. The van der Waals surface area contributed by atoms with Crippen molar-refractivity contribution in [2.45, 2.75) is 5.75 Å². The number of carbonyl (C=O) groups is 1. The van der Waals surface area contributed by atoms with Crippen molar-refractivity contribution in [1.29, 1.82) is 0 Å². The lowest BCUT2D eigenvalue weighted by Crippen LogP contribution is -2.20. The van der Waals surface area contributed by atoms with Crippen LogP contribution >= 0.6 is 0 Å². The zero-order valence-electron chi connectivity index (χ0n) is 11.7. The van der Waals surface area contributed by atoms with Gasteiger partial charge in [0.05, 0.1) is 7.11 Å². The fourth-order valence-electron chi connectivity index (χ4n) is 1.97. The third-order valence-corrected chi connectivity index (χ3v) is 4.27. The van der Waals surface area contributed by atoms with Crippen molar-refractivity contribution in [2.75, 3.05) is 12.9 Å². The van der Waals surface area contributed by atoms with Gasteiger partial charge in [-0.3, -0.25) is 9.00 Å². The first-order chi connectivity index (χ1) is 10.1. The minimum absolute atomic E-state index is 0.0970. The first kappa shape index (κ1) is 15.3. The van der Waals surface area contributed by atoms with Crippen LogP contribution in [0.3, 0.4) is 0 Å². The summed E-state index contributed by atoms with van der Waals surface area (Å²) in [5.41, 5.74) is 8.11. The molecule has 0 radical (unpaired) electrons. The van der Waals surface area contributed by atoms with E-state index in [0.717, 1.165) is 22.4 Å². The van der Waals surface area contributed by atoms with Gasteiger partial charge in [0.15, 0.2) is 0 Å². The monoisotopic (exact) mass is 303 g/mol. The van der Waals surface area contributed by atoms with Crippen LogP contribution in [0, 0.1) is 0 Å². The molecule has 0 saturated heterocycles. The Morgan fingerprint density at radius 2 is 1.57 bits per heavy atom. The van der Waals surface area contributed by atoms with E-state index >= 15 is 0 Å². The van der Waals surface area contributed by atoms with E-state index in [0.29, 0.717) is 5.75 Å². The minimum Gasteiger partial charge on any atom is -0.497 e. The van der Waals surface area contributed by atoms with Crippen LogP contribution in [0.4, 0.5) is 0 Å². The van der Waals surface area contributed by atoms with Crippen molar-refractivity contribution in [3.8, 4) is 16.9 Å². The Hall–Kier alpha value is -2.14. The van der Waals surface area contributed by atoms with Gasteiger partial charge in [-0.2, -0.15) is 0 Å². The quantitative estimate of drug-likeness (QED) is 0.888. The van der Waals surface area contributed by atoms with Gasteiger partial charge >= 0.3 is 0 Å². The van der Waals surface area contributed by atoms with Gasteiger partial charge in [-0.15, -0.1) is 0 Å². The third-order valence-electron chi connectivity index (χ3n) is 3.01. The lowest BCUT2D eigenvalue weighted by atomic mass is 10.0. The average molecular weight is 303 g/mol. The maximum atomic E-state index is 11.6. The van der Waals surface area contributed by atoms with Crippen molar-refractivity contribution in [3.05, 3.63) is 54.1 Å². The number of amides is 1. The molecule has 0 spiro atoms. The molecule has 1 unspecified atom stereocenters. The van der Waals surface area contributed by atoms with E-state index in [1.807, 2.05) is 48.5 Å². The van der Waals surface area contributed by atoms with Crippen molar-refractivity contribution in [3.63, 3.8) is 0 Å². The Bertz CT molecular complexity index is 636. The number of rotatable bonds is 6. The summed E-state index contributed by atoms with van der Waals surface area (Å²) in [6.07, 6.45) is 0. The second-order valence-electron chi connectivity index (χ2n) is 4.62. The Morgan fingerprint density at radius 3 is 2.05 bits per heavy atom. The average Bonchev–Trinajstić information content (AvgIpc) is 2.47. The highest BCUT2D eigenvalue weighted by molar-refractivity contribution is 7.84. The number of benzene rings is 2. The number of nitrogens with two attached hydrogens (primary N) is 1. The number of methoxy groups -OCH3 is 1. The highest BCUT2D eigenvalue weighted by Gasteiger charge is 2.06. The Kier molecular flexibility index (Phi) is 5.11. The molecule has 0 aromatic heterocycles. The summed E-state index contributed by atoms with van der Waals surface area (Å²) >= 11 is 0. The molecule has 2 N–H and O–H groups in total. The van der Waals surface area contributed by atoms with Crippen molar-refractivity contribution in [1.82, 2.24) is 0 Å². The summed E-state index contributed by atoms with van der Waals surface area (Å²) in [6, 6.07) is 15.6. The molecule has 1 amide bonds. The maximum Gasteiger partial charge on any atom is 0.230 e. The fraction of sp³-hybridized carbons (Fsp3) is 0.188. The van der Waals surface area contributed by atoms with Crippen LogP contribution in [0.2, 0.25) is 0 Å². The van der Waals surface area contributed by atoms with Gasteiger partial charge in [0.25, 0.3) is 0 Å². The SMILES string of the molecule is COc1ccc(-c2ccc(CS(=O)CC(N)=O)cc2)cc1. The Labute approximate surface area is 126 Å². The fourth-order valence-corrected chi connectivity index (χ4v) is 2.96. The Morgan fingerprint density at radius 1 is 1.05 bits per heavy atom. The molecule has 0 saturated carbocycles. The number of hydrogen-bond donors (Lipinski definition) is 1. The topological polar surface area (TPSA) is 69.4 Å². The number of ether oxygens (including phenoxy) is 1. The van der Waals surface area contributed by atoms with Gasteiger partial charge in [-0.05, 0) is 28.8 Å². The van der Waals surface area contributed by atoms with Gasteiger partial charge in [0.2, 0.25) is 5.91 Å². The largest absolute Gasteiger partial charge is 0.497 e. The van der Waals surface area contributed by atoms with Gasteiger partial charge < -0.3 is 10.5 Å². The van der Waals surface area contributed by atoms with Crippen molar-refractivity contribution < 1.29 is 13.7 Å². The molecule has 0 fully saturated rings. The lowest BCUT2D eigenvalue weighted by Gasteiger charge is -2.05. The number of carbonyl (C=O) groups excluding carboxylic acids is 1. The Balaban J connectivity index is 2.07. The second-order valence-corrected chi connectivity index (χ2v) is 6.08. The standard InChI is InChI=1S/C16H17NO3S/c1-20-15-8-6-14(7-9-15)13-4-2-12(3-5-13)10-21(19)11-16(17)18/h2-9H,10-11H2,1H3,(H2,17,18). The molecule has 0 aliphatic carbocycles. The van der Waals surface area contributed by atoms with Crippen LogP contribution in [0.25, 0.3) is 11.1 Å². The minimum atomic E-state index is -1.25. The predicted octanol–water partition coefficient (Wildman–Crippen LogP) is 2.10. The lowest BCUT2D eigenvalue weighted by molar-refractivity contribution is -0.115. The molecule has 110 valence electrons. The van der Waals surface area contributed by atoms with Crippen molar-refractivity contribution >= 4 is 16.7 Å². The highest BCUT2D eigenvalue weighted by Crippen LogP contribution is 2.22. The van der Waals surface area contributed by atoms with E-state index < -0.39 is 16.7 Å². The molecule has 2 aromatic carbocycles. The molecule has 21 heavy (non-hydrogen) atoms. The van der Waals surface area contributed by atoms with Crippen LogP contribution in [-0.2, 0) is 21.3 Å². The summed E-state index contributed by atoms with van der Waals surface area (Å²) in [4.78, 5) is 10.7. The van der Waals surface area contributed by atoms with Crippen LogP contribution in [0.5, 0.6) is 5.75 Å². The molecule has 0 aliphatic rings. The summed E-state index contributed by atoms with van der Waals surface area (Å²) in [7, 11) is 0.387. The van der Waals surface area contributed by atoms with Gasteiger partial charge in [-0.25, -0.2) is 0 Å². The molecular formula is C16H17NO3S. The number of hydrogen-bond acceptors (Lipinski definition) is 3. The summed E-state index contributed by atoms with van der Waals surface area (Å²) in [5.74, 6) is 0.520. The van der Waals surface area contributed by atoms with Crippen LogP contribution < -0.4 is 10.5 Å². The molecule has 0 aliphatic heterocycles. The molecule has 2 aromatic rings. The maximum absolute atomic E-state index is 11.6. The van der Waals surface area contributed by atoms with E-state index in [-0.39, 0.29) is 5.75 Å². The summed E-state index contributed by atoms with van der Waals surface area (Å²) in [5, 5.41) is 0. The van der Waals surface area contributed by atoms with Crippen LogP contribution in [0.1, 0.15) is 5.56 Å². The smallest absolute Gasteiger partial charge is 0.230 e. The number of primary amides is 1. The van der Waals surface area contributed by atoms with Crippen LogP contribution in [-0.4, -0.2) is 23.0 Å². The van der Waals surface area contributed by atoms with Crippen molar-refractivity contribution in [2.24, 2.45) is 5.73 Å². The normalized spacial score (nSPS) is 11.9. The molecule has 4 nitrogen and oxygen atoms in total.